The number of pyridine rings is 1. The number of aromatic nitrogens is 4. The molecule has 3 aromatic heterocycles. The van der Waals surface area contributed by atoms with Gasteiger partial charge in [0.25, 0.3) is 5.91 Å². The first-order valence-corrected chi connectivity index (χ1v) is 11.5. The molecule has 1 aromatic carbocycles. The van der Waals surface area contributed by atoms with Gasteiger partial charge in [-0.1, -0.05) is 18.2 Å². The van der Waals surface area contributed by atoms with Gasteiger partial charge >= 0.3 is 0 Å². The second kappa shape index (κ2) is 8.11. The minimum atomic E-state index is -0.213. The van der Waals surface area contributed by atoms with Gasteiger partial charge in [-0.2, -0.15) is 0 Å². The maximum absolute atomic E-state index is 12.6. The third-order valence-electron chi connectivity index (χ3n) is 7.00. The molecule has 1 amide bonds. The quantitative estimate of drug-likeness (QED) is 0.434. The Kier molecular flexibility index (Phi) is 4.91. The minimum Gasteiger partial charge on any atom is -0.382 e. The largest absolute Gasteiger partial charge is 0.382 e. The molecule has 5 heterocycles. The van der Waals surface area contributed by atoms with Crippen molar-refractivity contribution in [3.63, 3.8) is 0 Å². The van der Waals surface area contributed by atoms with Crippen molar-refractivity contribution in [1.82, 2.24) is 24.7 Å². The van der Waals surface area contributed by atoms with E-state index in [1.54, 1.807) is 36.7 Å². The number of fused-ring (bicyclic) bond motifs is 1. The molecule has 2 fully saturated rings. The fourth-order valence-electron chi connectivity index (χ4n) is 4.89. The van der Waals surface area contributed by atoms with Gasteiger partial charge in [0, 0.05) is 55.9 Å². The Bertz CT molecular complexity index is 1330. The summed E-state index contributed by atoms with van der Waals surface area (Å²) in [6, 6.07) is 12.8. The summed E-state index contributed by atoms with van der Waals surface area (Å²) in [4.78, 5) is 28.4. The molecule has 0 atom stereocenters. The fraction of sp³-hybridized carbons (Fsp3) is 0.280. The third kappa shape index (κ3) is 3.54. The number of anilines is 3. The van der Waals surface area contributed by atoms with Crippen LogP contribution in [0.3, 0.4) is 0 Å². The molecule has 2 aliphatic heterocycles. The minimum absolute atomic E-state index is 0.213. The van der Waals surface area contributed by atoms with Crippen LogP contribution in [-0.2, 0) is 0 Å². The SMILES string of the molecule is Nc1nccn2c(N3CCC4(CC3)CNC4)nc(-c3ccc(C(=O)Nc4ccccn4)cc3)c12. The molecule has 9 heteroatoms. The van der Waals surface area contributed by atoms with E-state index in [9.17, 15) is 4.79 Å². The summed E-state index contributed by atoms with van der Waals surface area (Å²) >= 11 is 0. The molecule has 1 spiro atoms. The van der Waals surface area contributed by atoms with Crippen LogP contribution < -0.4 is 21.3 Å². The van der Waals surface area contributed by atoms with Crippen molar-refractivity contribution in [1.29, 1.82) is 0 Å². The molecule has 2 aliphatic rings. The number of nitrogens with zero attached hydrogens (tertiary/aromatic N) is 5. The first kappa shape index (κ1) is 20.6. The Morgan fingerprint density at radius 1 is 1.03 bits per heavy atom. The number of nitrogens with one attached hydrogen (secondary N) is 2. The number of amides is 1. The lowest BCUT2D eigenvalue weighted by Gasteiger charge is -2.48. The van der Waals surface area contributed by atoms with E-state index in [1.165, 1.54) is 0 Å². The molecular formula is C25H26N8O. The standard InChI is InChI=1S/C25H26N8O/c26-22-21-20(17-4-6-18(7-5-17)23(34)30-19-3-1-2-10-28-19)31-24(33(21)14-11-29-22)32-12-8-25(9-13-32)15-27-16-25/h1-7,10-11,14,27H,8-9,12-13,15-16H2,(H2,26,29)(H,28,30,34). The van der Waals surface area contributed by atoms with Crippen molar-refractivity contribution >= 4 is 29.0 Å². The van der Waals surface area contributed by atoms with E-state index in [2.05, 4.69) is 25.5 Å². The van der Waals surface area contributed by atoms with E-state index in [1.807, 2.05) is 28.8 Å². The van der Waals surface area contributed by atoms with Crippen LogP contribution in [0.4, 0.5) is 17.6 Å². The number of rotatable bonds is 4. The zero-order valence-electron chi connectivity index (χ0n) is 18.7. The van der Waals surface area contributed by atoms with Crippen LogP contribution in [0.25, 0.3) is 16.8 Å². The second-order valence-electron chi connectivity index (χ2n) is 9.13. The van der Waals surface area contributed by atoms with Crippen LogP contribution in [-0.4, -0.2) is 51.4 Å². The van der Waals surface area contributed by atoms with Gasteiger partial charge in [-0.3, -0.25) is 9.20 Å². The number of piperidine rings is 1. The van der Waals surface area contributed by atoms with E-state index in [0.29, 0.717) is 22.6 Å². The number of carbonyl (C=O) groups excluding carboxylic acids is 1. The number of carbonyl (C=O) groups is 1. The number of nitrogens with two attached hydrogens (primary N) is 1. The summed E-state index contributed by atoms with van der Waals surface area (Å²) in [5, 5.41) is 6.23. The lowest BCUT2D eigenvalue weighted by atomic mass is 9.73. The molecule has 6 rings (SSSR count). The third-order valence-corrected chi connectivity index (χ3v) is 7.00. The molecule has 9 nitrogen and oxygen atoms in total. The Balaban J connectivity index is 1.30. The smallest absolute Gasteiger partial charge is 0.256 e. The predicted molar refractivity (Wildman–Crippen MR) is 132 cm³/mol. The molecule has 0 bridgehead atoms. The highest BCUT2D eigenvalue weighted by molar-refractivity contribution is 6.04. The van der Waals surface area contributed by atoms with E-state index in [-0.39, 0.29) is 5.91 Å². The highest BCUT2D eigenvalue weighted by atomic mass is 16.1. The lowest BCUT2D eigenvalue weighted by molar-refractivity contribution is 0.102. The molecule has 0 saturated carbocycles. The number of hydrogen-bond acceptors (Lipinski definition) is 7. The van der Waals surface area contributed by atoms with Crippen molar-refractivity contribution in [2.45, 2.75) is 12.8 Å². The van der Waals surface area contributed by atoms with Crippen LogP contribution >= 0.6 is 0 Å². The van der Waals surface area contributed by atoms with Gasteiger partial charge in [-0.05, 0) is 42.5 Å². The van der Waals surface area contributed by atoms with Gasteiger partial charge in [0.15, 0.2) is 0 Å². The summed E-state index contributed by atoms with van der Waals surface area (Å²) in [6.07, 6.45) is 7.59. The molecule has 4 N–H and O–H groups in total. The van der Waals surface area contributed by atoms with Crippen LogP contribution in [0.15, 0.2) is 61.1 Å². The lowest BCUT2D eigenvalue weighted by Crippen LogP contribution is -2.58. The highest BCUT2D eigenvalue weighted by Gasteiger charge is 2.40. The summed E-state index contributed by atoms with van der Waals surface area (Å²) in [5.41, 5.74) is 9.74. The van der Waals surface area contributed by atoms with Crippen molar-refractivity contribution in [2.75, 3.05) is 42.1 Å². The molecule has 0 unspecified atom stereocenters. The summed E-state index contributed by atoms with van der Waals surface area (Å²) in [6.45, 7) is 4.17. The summed E-state index contributed by atoms with van der Waals surface area (Å²) < 4.78 is 2.04. The molecule has 0 aliphatic carbocycles. The summed E-state index contributed by atoms with van der Waals surface area (Å²) in [7, 11) is 0. The molecular weight excluding hydrogens is 428 g/mol. The number of benzene rings is 1. The summed E-state index contributed by atoms with van der Waals surface area (Å²) in [5.74, 6) is 1.62. The Morgan fingerprint density at radius 2 is 1.82 bits per heavy atom. The van der Waals surface area contributed by atoms with Crippen molar-refractivity contribution in [3.8, 4) is 11.3 Å². The first-order valence-electron chi connectivity index (χ1n) is 11.5. The maximum atomic E-state index is 12.6. The van der Waals surface area contributed by atoms with Crippen LogP contribution in [0.1, 0.15) is 23.2 Å². The average Bonchev–Trinajstić information content (AvgIpc) is 3.25. The van der Waals surface area contributed by atoms with Crippen LogP contribution in [0.5, 0.6) is 0 Å². The molecule has 0 radical (unpaired) electrons. The van der Waals surface area contributed by atoms with Gasteiger partial charge in [-0.15, -0.1) is 0 Å². The number of imidazole rings is 1. The Hall–Kier alpha value is -3.98. The fourth-order valence-corrected chi connectivity index (χ4v) is 4.89. The van der Waals surface area contributed by atoms with Crippen molar-refractivity contribution in [2.24, 2.45) is 5.41 Å². The zero-order valence-corrected chi connectivity index (χ0v) is 18.7. The van der Waals surface area contributed by atoms with Crippen molar-refractivity contribution < 1.29 is 4.79 Å². The monoisotopic (exact) mass is 454 g/mol. The molecule has 4 aromatic rings. The number of hydrogen-bond donors (Lipinski definition) is 3. The van der Waals surface area contributed by atoms with Gasteiger partial charge in [0.2, 0.25) is 5.95 Å². The van der Waals surface area contributed by atoms with Gasteiger partial charge in [-0.25, -0.2) is 15.0 Å². The molecule has 2 saturated heterocycles. The zero-order chi connectivity index (χ0) is 23.1. The average molecular weight is 455 g/mol. The van der Waals surface area contributed by atoms with E-state index in [4.69, 9.17) is 10.7 Å². The second-order valence-corrected chi connectivity index (χ2v) is 9.13. The predicted octanol–water partition coefficient (Wildman–Crippen LogP) is 2.82. The van der Waals surface area contributed by atoms with Gasteiger partial charge in [0.05, 0.1) is 0 Å². The molecule has 172 valence electrons. The highest BCUT2D eigenvalue weighted by Crippen LogP contribution is 2.38. The first-order chi connectivity index (χ1) is 16.6. The van der Waals surface area contributed by atoms with Crippen LogP contribution in [0, 0.1) is 5.41 Å². The Morgan fingerprint density at radius 3 is 2.50 bits per heavy atom. The molecule has 34 heavy (non-hydrogen) atoms. The maximum Gasteiger partial charge on any atom is 0.256 e. The van der Waals surface area contributed by atoms with Gasteiger partial charge in [0.1, 0.15) is 22.8 Å². The topological polar surface area (TPSA) is 113 Å². The van der Waals surface area contributed by atoms with Crippen molar-refractivity contribution in [3.05, 3.63) is 66.6 Å². The van der Waals surface area contributed by atoms with E-state index >= 15 is 0 Å². The van der Waals surface area contributed by atoms with Gasteiger partial charge < -0.3 is 21.3 Å². The number of nitrogen functional groups attached to an aromatic ring is 1. The van der Waals surface area contributed by atoms with E-state index in [0.717, 1.165) is 61.7 Å². The van der Waals surface area contributed by atoms with Crippen LogP contribution in [0.2, 0.25) is 0 Å². The normalized spacial score (nSPS) is 17.0. The van der Waals surface area contributed by atoms with E-state index < -0.39 is 0 Å². The Labute approximate surface area is 197 Å².